The van der Waals surface area contributed by atoms with Gasteiger partial charge in [0.05, 0.1) is 6.42 Å². The Hall–Kier alpha value is -4.00. The highest BCUT2D eigenvalue weighted by atomic mass is 16.1. The molecule has 29 heavy (non-hydrogen) atoms. The van der Waals surface area contributed by atoms with Crippen molar-refractivity contribution >= 4 is 23.1 Å². The topological polar surface area (TPSA) is 84.7 Å². The van der Waals surface area contributed by atoms with E-state index in [0.29, 0.717) is 12.2 Å². The van der Waals surface area contributed by atoms with Crippen molar-refractivity contribution in [1.29, 1.82) is 0 Å². The van der Waals surface area contributed by atoms with Crippen LogP contribution in [0.1, 0.15) is 11.4 Å². The Kier molecular flexibility index (Phi) is 5.29. The van der Waals surface area contributed by atoms with Gasteiger partial charge in [0, 0.05) is 29.8 Å². The summed E-state index contributed by atoms with van der Waals surface area (Å²) in [4.78, 5) is 25.0. The molecule has 2 aromatic carbocycles. The van der Waals surface area contributed by atoms with Crippen molar-refractivity contribution in [3.8, 4) is 5.82 Å². The van der Waals surface area contributed by atoms with Gasteiger partial charge in [0.25, 0.3) is 0 Å². The van der Waals surface area contributed by atoms with Crippen LogP contribution in [0, 0.1) is 6.92 Å². The normalized spacial score (nSPS) is 10.5. The summed E-state index contributed by atoms with van der Waals surface area (Å²) < 4.78 is 1.89. The van der Waals surface area contributed by atoms with Gasteiger partial charge in [-0.2, -0.15) is 0 Å². The number of carbonyl (C=O) groups is 1. The molecule has 1 amide bonds. The molecule has 0 unspecified atom stereocenters. The number of anilines is 3. The number of carbonyl (C=O) groups excluding carboxylic acids is 1. The van der Waals surface area contributed by atoms with E-state index in [2.05, 4.69) is 25.6 Å². The lowest BCUT2D eigenvalue weighted by atomic mass is 10.1. The number of rotatable bonds is 6. The molecule has 144 valence electrons. The Balaban J connectivity index is 1.40. The third-order valence-corrected chi connectivity index (χ3v) is 4.37. The molecule has 2 N–H and O–H groups in total. The van der Waals surface area contributed by atoms with Crippen molar-refractivity contribution in [3.05, 3.63) is 90.8 Å². The standard InChI is InChI=1S/C22H20N6O/c1-16-23-11-12-28(16)21-14-20(24-15-25-21)26-18-7-9-19(10-8-18)27-22(29)13-17-5-3-2-4-6-17/h2-12,14-15H,13H2,1H3,(H,27,29)(H,24,25,26). The maximum Gasteiger partial charge on any atom is 0.228 e. The zero-order valence-corrected chi connectivity index (χ0v) is 15.9. The third-order valence-electron chi connectivity index (χ3n) is 4.37. The molecule has 0 aliphatic heterocycles. The molecule has 0 aliphatic carbocycles. The molecule has 0 saturated heterocycles. The number of benzene rings is 2. The number of amides is 1. The van der Waals surface area contributed by atoms with Gasteiger partial charge in [-0.3, -0.25) is 9.36 Å². The quantitative estimate of drug-likeness (QED) is 0.527. The van der Waals surface area contributed by atoms with E-state index in [1.165, 1.54) is 6.33 Å². The summed E-state index contributed by atoms with van der Waals surface area (Å²) in [5.74, 6) is 2.21. The molecule has 0 spiro atoms. The Morgan fingerprint density at radius 2 is 1.72 bits per heavy atom. The van der Waals surface area contributed by atoms with Crippen LogP contribution < -0.4 is 10.6 Å². The smallest absolute Gasteiger partial charge is 0.228 e. The van der Waals surface area contributed by atoms with Crippen LogP contribution >= 0.6 is 0 Å². The molecule has 2 aromatic heterocycles. The average molecular weight is 384 g/mol. The number of hydrogen-bond donors (Lipinski definition) is 2. The third kappa shape index (κ3) is 4.65. The monoisotopic (exact) mass is 384 g/mol. The maximum atomic E-state index is 12.2. The Morgan fingerprint density at radius 3 is 2.45 bits per heavy atom. The highest BCUT2D eigenvalue weighted by molar-refractivity contribution is 5.92. The Morgan fingerprint density at radius 1 is 0.966 bits per heavy atom. The van der Waals surface area contributed by atoms with Gasteiger partial charge < -0.3 is 10.6 Å². The summed E-state index contributed by atoms with van der Waals surface area (Å²) in [6, 6.07) is 19.0. The lowest BCUT2D eigenvalue weighted by Crippen LogP contribution is -2.14. The SMILES string of the molecule is Cc1nccn1-c1cc(Nc2ccc(NC(=O)Cc3ccccc3)cc2)ncn1. The average Bonchev–Trinajstić information content (AvgIpc) is 3.16. The molecule has 0 saturated carbocycles. The number of imidazole rings is 1. The predicted octanol–water partition coefficient (Wildman–Crippen LogP) is 3.90. The van der Waals surface area contributed by atoms with Gasteiger partial charge in [0.15, 0.2) is 0 Å². The second-order valence-corrected chi connectivity index (χ2v) is 6.52. The molecule has 7 nitrogen and oxygen atoms in total. The van der Waals surface area contributed by atoms with Gasteiger partial charge in [-0.05, 0) is 36.8 Å². The van der Waals surface area contributed by atoms with Crippen LogP contribution in [0.5, 0.6) is 0 Å². The van der Waals surface area contributed by atoms with Crippen molar-refractivity contribution in [3.63, 3.8) is 0 Å². The van der Waals surface area contributed by atoms with E-state index in [1.54, 1.807) is 6.20 Å². The van der Waals surface area contributed by atoms with Gasteiger partial charge >= 0.3 is 0 Å². The zero-order chi connectivity index (χ0) is 20.1. The first-order valence-electron chi connectivity index (χ1n) is 9.20. The molecule has 0 fully saturated rings. The summed E-state index contributed by atoms with van der Waals surface area (Å²) >= 11 is 0. The van der Waals surface area contributed by atoms with Gasteiger partial charge in [0.1, 0.15) is 23.8 Å². The van der Waals surface area contributed by atoms with Crippen LogP contribution in [-0.4, -0.2) is 25.4 Å². The van der Waals surface area contributed by atoms with E-state index in [9.17, 15) is 4.79 Å². The molecule has 0 bridgehead atoms. The van der Waals surface area contributed by atoms with E-state index in [-0.39, 0.29) is 5.91 Å². The molecular weight excluding hydrogens is 364 g/mol. The number of nitrogens with one attached hydrogen (secondary N) is 2. The first-order chi connectivity index (χ1) is 14.2. The molecule has 4 aromatic rings. The van der Waals surface area contributed by atoms with Crippen molar-refractivity contribution < 1.29 is 4.79 Å². The molecule has 0 radical (unpaired) electrons. The van der Waals surface area contributed by atoms with Crippen molar-refractivity contribution in [1.82, 2.24) is 19.5 Å². The van der Waals surface area contributed by atoms with Crippen molar-refractivity contribution in [2.75, 3.05) is 10.6 Å². The van der Waals surface area contributed by atoms with Gasteiger partial charge in [-0.1, -0.05) is 30.3 Å². The number of hydrogen-bond acceptors (Lipinski definition) is 5. The summed E-state index contributed by atoms with van der Waals surface area (Å²) in [6.45, 7) is 1.92. The van der Waals surface area contributed by atoms with Crippen molar-refractivity contribution in [2.24, 2.45) is 0 Å². The summed E-state index contributed by atoms with van der Waals surface area (Å²) in [6.07, 6.45) is 5.44. The van der Waals surface area contributed by atoms with Crippen LogP contribution in [0.25, 0.3) is 5.82 Å². The number of aryl methyl sites for hydroxylation is 1. The van der Waals surface area contributed by atoms with E-state index >= 15 is 0 Å². The zero-order valence-electron chi connectivity index (χ0n) is 15.9. The fourth-order valence-corrected chi connectivity index (χ4v) is 2.94. The summed E-state index contributed by atoms with van der Waals surface area (Å²) in [7, 11) is 0. The van der Waals surface area contributed by atoms with Crippen LogP contribution in [0.2, 0.25) is 0 Å². The van der Waals surface area contributed by atoms with Crippen molar-refractivity contribution in [2.45, 2.75) is 13.3 Å². The first kappa shape index (κ1) is 18.4. The maximum absolute atomic E-state index is 12.2. The van der Waals surface area contributed by atoms with E-state index in [4.69, 9.17) is 0 Å². The predicted molar refractivity (Wildman–Crippen MR) is 112 cm³/mol. The minimum Gasteiger partial charge on any atom is -0.340 e. The van der Waals surface area contributed by atoms with Crippen LogP contribution in [-0.2, 0) is 11.2 Å². The number of aromatic nitrogens is 4. The molecule has 2 heterocycles. The highest BCUT2D eigenvalue weighted by Gasteiger charge is 2.06. The summed E-state index contributed by atoms with van der Waals surface area (Å²) in [5.41, 5.74) is 2.59. The molecule has 0 aliphatic rings. The van der Waals surface area contributed by atoms with Crippen LogP contribution in [0.15, 0.2) is 79.4 Å². The van der Waals surface area contributed by atoms with Gasteiger partial charge in [0.2, 0.25) is 5.91 Å². The lowest BCUT2D eigenvalue weighted by Gasteiger charge is -2.10. The van der Waals surface area contributed by atoms with Gasteiger partial charge in [-0.25, -0.2) is 15.0 Å². The second-order valence-electron chi connectivity index (χ2n) is 6.52. The second kappa shape index (κ2) is 8.35. The lowest BCUT2D eigenvalue weighted by molar-refractivity contribution is -0.115. The largest absolute Gasteiger partial charge is 0.340 e. The van der Waals surface area contributed by atoms with E-state index < -0.39 is 0 Å². The fraction of sp³-hybridized carbons (Fsp3) is 0.0909. The highest BCUT2D eigenvalue weighted by Crippen LogP contribution is 2.19. The minimum absolute atomic E-state index is 0.0481. The molecule has 7 heteroatoms. The van der Waals surface area contributed by atoms with E-state index in [1.807, 2.05) is 78.4 Å². The Bertz CT molecular complexity index is 1110. The van der Waals surface area contributed by atoms with Crippen LogP contribution in [0.3, 0.4) is 0 Å². The summed E-state index contributed by atoms with van der Waals surface area (Å²) in [5, 5.41) is 6.16. The molecule has 0 atom stereocenters. The Labute approximate surface area is 168 Å². The molecular formula is C22H20N6O. The fourth-order valence-electron chi connectivity index (χ4n) is 2.94. The van der Waals surface area contributed by atoms with Gasteiger partial charge in [-0.15, -0.1) is 0 Å². The van der Waals surface area contributed by atoms with E-state index in [0.717, 1.165) is 28.6 Å². The minimum atomic E-state index is -0.0481. The first-order valence-corrected chi connectivity index (χ1v) is 9.20. The number of nitrogens with zero attached hydrogens (tertiary/aromatic N) is 4. The molecule has 4 rings (SSSR count). The van der Waals surface area contributed by atoms with Crippen LogP contribution in [0.4, 0.5) is 17.2 Å².